The van der Waals surface area contributed by atoms with Gasteiger partial charge in [0.15, 0.2) is 11.3 Å². The van der Waals surface area contributed by atoms with Gasteiger partial charge in [0, 0.05) is 49.2 Å². The van der Waals surface area contributed by atoms with Crippen molar-refractivity contribution in [2.45, 2.75) is 18.3 Å². The maximum Gasteiger partial charge on any atom is 0.337 e. The third-order valence-electron chi connectivity index (χ3n) is 6.90. The second-order valence-corrected chi connectivity index (χ2v) is 9.05. The molecule has 2 aromatic heterocycles. The molecule has 1 fully saturated rings. The Kier molecular flexibility index (Phi) is 6.87. The van der Waals surface area contributed by atoms with Crippen LogP contribution >= 0.6 is 0 Å². The molecule has 9 heteroatoms. The van der Waals surface area contributed by atoms with Crippen molar-refractivity contribution >= 4 is 17.5 Å². The maximum absolute atomic E-state index is 13.1. The van der Waals surface area contributed by atoms with E-state index in [9.17, 15) is 9.59 Å². The third kappa shape index (κ3) is 5.03. The van der Waals surface area contributed by atoms with E-state index in [0.717, 1.165) is 35.3 Å². The zero-order valence-corrected chi connectivity index (χ0v) is 20.8. The summed E-state index contributed by atoms with van der Waals surface area (Å²) in [6.45, 7) is 1.74. The van der Waals surface area contributed by atoms with E-state index in [1.54, 1.807) is 48.3 Å². The van der Waals surface area contributed by atoms with Crippen LogP contribution in [-0.2, 0) is 14.9 Å². The molecular formula is C28H28N4O5. The fourth-order valence-corrected chi connectivity index (χ4v) is 4.69. The minimum atomic E-state index is -0.411. The normalized spacial score (nSPS) is 14.8. The van der Waals surface area contributed by atoms with Gasteiger partial charge in [-0.1, -0.05) is 24.3 Å². The van der Waals surface area contributed by atoms with Gasteiger partial charge in [-0.3, -0.25) is 4.79 Å². The Morgan fingerprint density at radius 3 is 2.57 bits per heavy atom. The van der Waals surface area contributed by atoms with E-state index >= 15 is 0 Å². The van der Waals surface area contributed by atoms with Crippen LogP contribution in [0.15, 0.2) is 67.0 Å². The number of nitrogens with one attached hydrogen (secondary N) is 1. The third-order valence-corrected chi connectivity index (χ3v) is 6.90. The van der Waals surface area contributed by atoms with Gasteiger partial charge in [-0.2, -0.15) is 5.10 Å². The van der Waals surface area contributed by atoms with Crippen LogP contribution < -0.4 is 10.1 Å². The van der Waals surface area contributed by atoms with Gasteiger partial charge in [0.1, 0.15) is 5.75 Å². The summed E-state index contributed by atoms with van der Waals surface area (Å²) in [4.78, 5) is 29.5. The topological polar surface area (TPSA) is 104 Å². The number of hydrogen-bond donors (Lipinski definition) is 1. The molecular weight excluding hydrogens is 472 g/mol. The summed E-state index contributed by atoms with van der Waals surface area (Å²) in [5.41, 5.74) is 3.74. The minimum absolute atomic E-state index is 0.227. The van der Waals surface area contributed by atoms with Crippen LogP contribution in [-0.4, -0.2) is 60.5 Å². The lowest BCUT2D eigenvalue weighted by Crippen LogP contribution is -2.44. The average molecular weight is 501 g/mol. The second kappa shape index (κ2) is 10.4. The molecule has 37 heavy (non-hydrogen) atoms. The van der Waals surface area contributed by atoms with E-state index < -0.39 is 5.97 Å². The fourth-order valence-electron chi connectivity index (χ4n) is 4.69. The number of esters is 1. The lowest BCUT2D eigenvalue weighted by atomic mass is 9.74. The first-order valence-electron chi connectivity index (χ1n) is 12.1. The minimum Gasteiger partial charge on any atom is -0.497 e. The van der Waals surface area contributed by atoms with Crippen molar-refractivity contribution in [2.24, 2.45) is 0 Å². The van der Waals surface area contributed by atoms with Crippen LogP contribution in [0, 0.1) is 0 Å². The Hall–Kier alpha value is -4.24. The summed E-state index contributed by atoms with van der Waals surface area (Å²) in [6.07, 6.45) is 5.09. The number of hydrogen-bond acceptors (Lipinski definition) is 7. The van der Waals surface area contributed by atoms with Gasteiger partial charge >= 0.3 is 5.97 Å². The SMILES string of the molecule is COC(=O)c1cccc(-c2cnc3cc(C(=O)NCC4(c5ccc(OC)cc5)CCOCC4)nn3c2)c1. The first-order chi connectivity index (χ1) is 18.0. The highest BCUT2D eigenvalue weighted by atomic mass is 16.5. The van der Waals surface area contributed by atoms with E-state index in [-0.39, 0.29) is 17.0 Å². The Balaban J connectivity index is 1.35. The van der Waals surface area contributed by atoms with Gasteiger partial charge in [-0.25, -0.2) is 14.3 Å². The molecule has 0 atom stereocenters. The molecule has 1 amide bonds. The molecule has 5 rings (SSSR count). The van der Waals surface area contributed by atoms with Gasteiger partial charge < -0.3 is 19.5 Å². The van der Waals surface area contributed by atoms with E-state index in [0.29, 0.717) is 31.0 Å². The molecule has 0 bridgehead atoms. The molecule has 9 nitrogen and oxygen atoms in total. The van der Waals surface area contributed by atoms with Gasteiger partial charge in [-0.05, 0) is 48.2 Å². The van der Waals surface area contributed by atoms with Crippen molar-refractivity contribution in [3.63, 3.8) is 0 Å². The predicted molar refractivity (Wildman–Crippen MR) is 137 cm³/mol. The number of amides is 1. The van der Waals surface area contributed by atoms with Gasteiger partial charge in [0.25, 0.3) is 5.91 Å². The Morgan fingerprint density at radius 2 is 1.84 bits per heavy atom. The summed E-state index contributed by atoms with van der Waals surface area (Å²) < 4.78 is 17.3. The van der Waals surface area contributed by atoms with E-state index in [1.165, 1.54) is 7.11 Å². The van der Waals surface area contributed by atoms with Crippen LogP contribution in [0.25, 0.3) is 16.8 Å². The van der Waals surface area contributed by atoms with Crippen LogP contribution in [0.2, 0.25) is 0 Å². The van der Waals surface area contributed by atoms with Gasteiger partial charge in [0.2, 0.25) is 0 Å². The van der Waals surface area contributed by atoms with Crippen LogP contribution in [0.1, 0.15) is 39.3 Å². The number of carbonyl (C=O) groups is 2. The molecule has 1 aliphatic rings. The number of carbonyl (C=O) groups excluding carboxylic acids is 2. The van der Waals surface area contributed by atoms with E-state index in [2.05, 4.69) is 27.5 Å². The molecule has 3 heterocycles. The number of rotatable bonds is 7. The zero-order chi connectivity index (χ0) is 25.8. The highest BCUT2D eigenvalue weighted by molar-refractivity contribution is 5.93. The summed E-state index contributed by atoms with van der Waals surface area (Å²) in [7, 11) is 2.99. The van der Waals surface area contributed by atoms with E-state index in [4.69, 9.17) is 14.2 Å². The van der Waals surface area contributed by atoms with Gasteiger partial charge in [-0.15, -0.1) is 0 Å². The van der Waals surface area contributed by atoms with Crippen LogP contribution in [0.4, 0.5) is 0 Å². The molecule has 0 aliphatic carbocycles. The van der Waals surface area contributed by atoms with E-state index in [1.807, 2.05) is 18.2 Å². The smallest absolute Gasteiger partial charge is 0.337 e. The van der Waals surface area contributed by atoms with Crippen molar-refractivity contribution in [3.05, 3.63) is 83.8 Å². The van der Waals surface area contributed by atoms with Crippen LogP contribution in [0.5, 0.6) is 5.75 Å². The Labute approximate surface area is 214 Å². The second-order valence-electron chi connectivity index (χ2n) is 9.05. The fraction of sp³-hybridized carbons (Fsp3) is 0.286. The van der Waals surface area contributed by atoms with Crippen molar-refractivity contribution in [2.75, 3.05) is 34.0 Å². The largest absolute Gasteiger partial charge is 0.497 e. The number of fused-ring (bicyclic) bond motifs is 1. The average Bonchev–Trinajstić information content (AvgIpc) is 3.40. The van der Waals surface area contributed by atoms with Crippen LogP contribution in [0.3, 0.4) is 0 Å². The molecule has 4 aromatic rings. The Morgan fingerprint density at radius 1 is 1.05 bits per heavy atom. The first-order valence-corrected chi connectivity index (χ1v) is 12.1. The van der Waals surface area contributed by atoms with Crippen molar-refractivity contribution in [1.29, 1.82) is 0 Å². The Bertz CT molecular complexity index is 1420. The molecule has 0 spiro atoms. The maximum atomic E-state index is 13.1. The molecule has 1 aliphatic heterocycles. The summed E-state index contributed by atoms with van der Waals surface area (Å²) in [5.74, 6) is 0.119. The lowest BCUT2D eigenvalue weighted by Gasteiger charge is -2.38. The van der Waals surface area contributed by atoms with Gasteiger partial charge in [0.05, 0.1) is 19.8 Å². The standard InChI is InChI=1S/C28H28N4O5/c1-35-23-8-6-22(7-9-23)28(10-12-37-13-11-28)18-30-26(33)24-15-25-29-16-21(17-32(25)31-24)19-4-3-5-20(14-19)27(34)36-2/h3-9,14-17H,10-13,18H2,1-2H3,(H,30,33). The first kappa shape index (κ1) is 24.5. The number of ether oxygens (including phenoxy) is 3. The number of benzene rings is 2. The number of aromatic nitrogens is 3. The van der Waals surface area contributed by atoms with Crippen molar-refractivity contribution in [1.82, 2.24) is 19.9 Å². The summed E-state index contributed by atoms with van der Waals surface area (Å²) in [6, 6.07) is 16.7. The highest BCUT2D eigenvalue weighted by Crippen LogP contribution is 2.35. The quantitative estimate of drug-likeness (QED) is 0.386. The highest BCUT2D eigenvalue weighted by Gasteiger charge is 2.35. The molecule has 1 saturated heterocycles. The number of methoxy groups -OCH3 is 2. The molecule has 0 saturated carbocycles. The summed E-state index contributed by atoms with van der Waals surface area (Å²) in [5, 5.41) is 7.55. The molecule has 0 unspecified atom stereocenters. The monoisotopic (exact) mass is 500 g/mol. The lowest BCUT2D eigenvalue weighted by molar-refractivity contribution is 0.0486. The molecule has 190 valence electrons. The van der Waals surface area contributed by atoms with Crippen molar-refractivity contribution < 1.29 is 23.8 Å². The zero-order valence-electron chi connectivity index (χ0n) is 20.8. The molecule has 2 aromatic carbocycles. The van der Waals surface area contributed by atoms with Crippen molar-refractivity contribution in [3.8, 4) is 16.9 Å². The molecule has 1 N–H and O–H groups in total. The summed E-state index contributed by atoms with van der Waals surface area (Å²) >= 11 is 0. The molecule has 0 radical (unpaired) electrons. The number of nitrogens with zero attached hydrogens (tertiary/aromatic N) is 3. The predicted octanol–water partition coefficient (Wildman–Crippen LogP) is 3.67.